The Morgan fingerprint density at radius 3 is 2.54 bits per heavy atom. The third-order valence-electron chi connectivity index (χ3n) is 4.60. The molecule has 4 aromatic rings. The molecule has 4 nitrogen and oxygen atoms in total. The summed E-state index contributed by atoms with van der Waals surface area (Å²) in [7, 11) is 0. The molecule has 0 fully saturated rings. The minimum absolute atomic E-state index is 0.107. The Morgan fingerprint density at radius 2 is 1.69 bits per heavy atom. The molecule has 0 unspecified atom stereocenters. The molecule has 0 aliphatic rings. The quantitative estimate of drug-likeness (QED) is 0.472. The van der Waals surface area contributed by atoms with Crippen LogP contribution in [0.15, 0.2) is 77.9 Å². The fraction of sp³-hybridized carbons (Fsp3) is 0.136. The first kappa shape index (κ1) is 16.2. The lowest BCUT2D eigenvalue weighted by Crippen LogP contribution is -2.03. The summed E-state index contributed by atoms with van der Waals surface area (Å²) in [5.41, 5.74) is 5.58. The number of para-hydroxylation sites is 1. The second kappa shape index (κ2) is 7.31. The average Bonchev–Trinajstić information content (AvgIpc) is 3.07. The van der Waals surface area contributed by atoms with Gasteiger partial charge >= 0.3 is 0 Å². The summed E-state index contributed by atoms with van der Waals surface area (Å²) in [6, 6.07) is 20.2. The second-order valence-electron chi connectivity index (χ2n) is 6.48. The molecule has 0 radical (unpaired) electrons. The molecule has 0 amide bonds. The molecule has 4 rings (SSSR count). The number of aryl methyl sites for hydroxylation is 2. The number of fused-ring (bicyclic) bond motifs is 1. The van der Waals surface area contributed by atoms with Crippen molar-refractivity contribution in [2.24, 2.45) is 0 Å². The predicted molar refractivity (Wildman–Crippen MR) is 107 cm³/mol. The second-order valence-corrected chi connectivity index (χ2v) is 6.48. The fourth-order valence-corrected chi connectivity index (χ4v) is 3.27. The van der Waals surface area contributed by atoms with E-state index in [2.05, 4.69) is 70.0 Å². The number of rotatable bonds is 6. The van der Waals surface area contributed by atoms with Crippen molar-refractivity contribution in [2.75, 3.05) is 5.32 Å². The van der Waals surface area contributed by atoms with Crippen LogP contribution in [0.25, 0.3) is 10.9 Å². The van der Waals surface area contributed by atoms with Crippen LogP contribution in [0.2, 0.25) is 0 Å². The van der Waals surface area contributed by atoms with Gasteiger partial charge in [0, 0.05) is 40.7 Å². The van der Waals surface area contributed by atoms with Gasteiger partial charge in [0.2, 0.25) is 5.56 Å². The molecule has 0 aliphatic heterocycles. The Morgan fingerprint density at radius 1 is 0.846 bits per heavy atom. The first-order valence-corrected chi connectivity index (χ1v) is 8.88. The Balaban J connectivity index is 1.35. The third kappa shape index (κ3) is 3.70. The van der Waals surface area contributed by atoms with Crippen LogP contribution in [-0.4, -0.2) is 9.97 Å². The van der Waals surface area contributed by atoms with Crippen molar-refractivity contribution in [2.45, 2.75) is 19.3 Å². The van der Waals surface area contributed by atoms with Gasteiger partial charge in [-0.05, 0) is 54.7 Å². The largest absolute Gasteiger partial charge is 0.361 e. The monoisotopic (exact) mass is 343 g/mol. The van der Waals surface area contributed by atoms with Crippen molar-refractivity contribution in [3.05, 3.63) is 94.5 Å². The van der Waals surface area contributed by atoms with E-state index in [1.165, 1.54) is 22.0 Å². The highest BCUT2D eigenvalue weighted by molar-refractivity contribution is 5.83. The molecule has 3 N–H and O–H groups in total. The van der Waals surface area contributed by atoms with Crippen molar-refractivity contribution in [1.29, 1.82) is 0 Å². The van der Waals surface area contributed by atoms with Crippen LogP contribution in [0, 0.1) is 0 Å². The van der Waals surface area contributed by atoms with Gasteiger partial charge in [0.25, 0.3) is 0 Å². The van der Waals surface area contributed by atoms with E-state index in [0.717, 1.165) is 30.6 Å². The molecule has 4 heteroatoms. The normalized spacial score (nSPS) is 10.9. The first-order valence-electron chi connectivity index (χ1n) is 8.88. The van der Waals surface area contributed by atoms with Gasteiger partial charge < -0.3 is 15.3 Å². The summed E-state index contributed by atoms with van der Waals surface area (Å²) >= 11 is 0. The van der Waals surface area contributed by atoms with E-state index in [0.29, 0.717) is 0 Å². The lowest BCUT2D eigenvalue weighted by atomic mass is 10.0. The molecule has 0 spiro atoms. The van der Waals surface area contributed by atoms with Crippen molar-refractivity contribution in [3.63, 3.8) is 0 Å². The Labute approximate surface area is 151 Å². The number of aromatic amines is 2. The van der Waals surface area contributed by atoms with Gasteiger partial charge in [0.1, 0.15) is 0 Å². The summed E-state index contributed by atoms with van der Waals surface area (Å²) < 4.78 is 0. The summed E-state index contributed by atoms with van der Waals surface area (Å²) in [6.07, 6.45) is 6.99. The van der Waals surface area contributed by atoms with Crippen LogP contribution in [-0.2, 0) is 12.8 Å². The zero-order valence-electron chi connectivity index (χ0n) is 14.5. The summed E-state index contributed by atoms with van der Waals surface area (Å²) in [5.74, 6) is 0. The fourth-order valence-electron chi connectivity index (χ4n) is 3.27. The number of hydrogen-bond donors (Lipinski definition) is 3. The van der Waals surface area contributed by atoms with Gasteiger partial charge in [-0.3, -0.25) is 4.79 Å². The summed E-state index contributed by atoms with van der Waals surface area (Å²) in [6.45, 7) is 0. The molecule has 2 aromatic heterocycles. The first-order chi connectivity index (χ1) is 12.8. The number of aromatic nitrogens is 2. The summed E-state index contributed by atoms with van der Waals surface area (Å²) in [5, 5.41) is 4.57. The third-order valence-corrected chi connectivity index (χ3v) is 4.60. The van der Waals surface area contributed by atoms with Crippen LogP contribution in [0.5, 0.6) is 0 Å². The van der Waals surface area contributed by atoms with Crippen LogP contribution < -0.4 is 10.9 Å². The molecule has 0 saturated carbocycles. The highest BCUT2D eigenvalue weighted by Gasteiger charge is 2.03. The molecule has 0 atom stereocenters. The minimum Gasteiger partial charge on any atom is -0.361 e. The Hall–Kier alpha value is -3.27. The van der Waals surface area contributed by atoms with Gasteiger partial charge in [-0.1, -0.05) is 30.3 Å². The number of hydrogen-bond acceptors (Lipinski definition) is 2. The van der Waals surface area contributed by atoms with Crippen LogP contribution in [0.4, 0.5) is 11.4 Å². The average molecular weight is 343 g/mol. The lowest BCUT2D eigenvalue weighted by molar-refractivity contribution is 0.825. The standard InChI is InChI=1S/C22H21N3O/c26-22-14-19(12-13-23-22)25-18-10-8-16(9-11-18)4-3-5-17-15-24-21-7-2-1-6-20(17)21/h1-2,6-15,24H,3-5H2,(H2,23,25,26). The van der Waals surface area contributed by atoms with E-state index in [1.807, 2.05) is 6.07 Å². The van der Waals surface area contributed by atoms with Crippen LogP contribution in [0.3, 0.4) is 0 Å². The number of anilines is 2. The highest BCUT2D eigenvalue weighted by Crippen LogP contribution is 2.20. The van der Waals surface area contributed by atoms with Crippen molar-refractivity contribution in [3.8, 4) is 0 Å². The van der Waals surface area contributed by atoms with E-state index >= 15 is 0 Å². The Kier molecular flexibility index (Phi) is 4.56. The maximum atomic E-state index is 11.3. The minimum atomic E-state index is -0.107. The molecule has 130 valence electrons. The van der Waals surface area contributed by atoms with Crippen LogP contribution in [0.1, 0.15) is 17.5 Å². The van der Waals surface area contributed by atoms with E-state index in [9.17, 15) is 4.79 Å². The van der Waals surface area contributed by atoms with E-state index < -0.39 is 0 Å². The maximum absolute atomic E-state index is 11.3. The van der Waals surface area contributed by atoms with Gasteiger partial charge in [-0.25, -0.2) is 0 Å². The highest BCUT2D eigenvalue weighted by atomic mass is 16.1. The molecular formula is C22H21N3O. The number of H-pyrrole nitrogens is 2. The van der Waals surface area contributed by atoms with Gasteiger partial charge in [0.05, 0.1) is 0 Å². The molecule has 26 heavy (non-hydrogen) atoms. The number of nitrogens with one attached hydrogen (secondary N) is 3. The molecule has 0 saturated heterocycles. The summed E-state index contributed by atoms with van der Waals surface area (Å²) in [4.78, 5) is 17.3. The van der Waals surface area contributed by atoms with E-state index in [4.69, 9.17) is 0 Å². The van der Waals surface area contributed by atoms with Crippen LogP contribution >= 0.6 is 0 Å². The smallest absolute Gasteiger partial charge is 0.249 e. The lowest BCUT2D eigenvalue weighted by Gasteiger charge is -2.07. The maximum Gasteiger partial charge on any atom is 0.249 e. The molecule has 0 aliphatic carbocycles. The van der Waals surface area contributed by atoms with E-state index in [-0.39, 0.29) is 5.56 Å². The topological polar surface area (TPSA) is 60.7 Å². The molecule has 0 bridgehead atoms. The SMILES string of the molecule is O=c1cc(Nc2ccc(CCCc3c[nH]c4ccccc34)cc2)cc[nH]1. The molecule has 2 aromatic carbocycles. The molecular weight excluding hydrogens is 322 g/mol. The van der Waals surface area contributed by atoms with Gasteiger partial charge in [-0.15, -0.1) is 0 Å². The van der Waals surface area contributed by atoms with E-state index in [1.54, 1.807) is 12.3 Å². The number of benzene rings is 2. The number of pyridine rings is 1. The van der Waals surface area contributed by atoms with Gasteiger partial charge in [-0.2, -0.15) is 0 Å². The Bertz CT molecular complexity index is 1060. The van der Waals surface area contributed by atoms with Crippen molar-refractivity contribution < 1.29 is 0 Å². The zero-order chi connectivity index (χ0) is 17.8. The molecule has 2 heterocycles. The van der Waals surface area contributed by atoms with Gasteiger partial charge in [0.15, 0.2) is 0 Å². The zero-order valence-corrected chi connectivity index (χ0v) is 14.5. The van der Waals surface area contributed by atoms with Crippen molar-refractivity contribution in [1.82, 2.24) is 9.97 Å². The predicted octanol–water partition coefficient (Wildman–Crippen LogP) is 4.78. The van der Waals surface area contributed by atoms with Crippen molar-refractivity contribution >= 4 is 22.3 Å².